The molecule has 1 fully saturated rings. The van der Waals surface area contributed by atoms with Crippen molar-refractivity contribution in [1.82, 2.24) is 0 Å². The minimum atomic E-state index is -0.364. The number of carbonyl (C=O) groups is 1. The van der Waals surface area contributed by atoms with Crippen LogP contribution in [0.5, 0.6) is 0 Å². The Morgan fingerprint density at radius 2 is 1.90 bits per heavy atom. The van der Waals surface area contributed by atoms with E-state index in [1.165, 1.54) is 64.7 Å². The highest BCUT2D eigenvalue weighted by atomic mass is 16.1. The molecule has 0 heterocycles. The van der Waals surface area contributed by atoms with Gasteiger partial charge in [-0.2, -0.15) is 0 Å². The third-order valence-electron chi connectivity index (χ3n) is 7.87. The van der Waals surface area contributed by atoms with Gasteiger partial charge < -0.3 is 0 Å². The summed E-state index contributed by atoms with van der Waals surface area (Å²) >= 11 is 0. The highest BCUT2D eigenvalue weighted by Gasteiger charge is 2.55. The van der Waals surface area contributed by atoms with Crippen LogP contribution in [0.15, 0.2) is 59.2 Å². The molecule has 0 aliphatic heterocycles. The maximum Gasteiger partial charge on any atom is 0.154 e. The first-order valence-electron chi connectivity index (χ1n) is 11.3. The zero-order chi connectivity index (χ0) is 20.2. The number of Topliss-reactive ketones (excluding diaryl/α,β-unsaturated/α-hetero) is 1. The first-order valence-corrected chi connectivity index (χ1v) is 11.3. The van der Waals surface area contributed by atoms with Crippen molar-refractivity contribution in [3.05, 3.63) is 82.3 Å². The van der Waals surface area contributed by atoms with Crippen LogP contribution in [0.1, 0.15) is 64.1 Å². The van der Waals surface area contributed by atoms with E-state index in [0.29, 0.717) is 11.7 Å². The Morgan fingerprint density at radius 1 is 1.14 bits per heavy atom. The summed E-state index contributed by atoms with van der Waals surface area (Å²) in [6.45, 7) is 6.56. The lowest BCUT2D eigenvalue weighted by Crippen LogP contribution is -2.32. The largest absolute Gasteiger partial charge is 0.298 e. The van der Waals surface area contributed by atoms with E-state index in [2.05, 4.69) is 69.7 Å². The molecule has 0 spiro atoms. The second kappa shape index (κ2) is 6.97. The molecule has 1 saturated carbocycles. The van der Waals surface area contributed by atoms with Crippen LogP contribution in [-0.4, -0.2) is 5.78 Å². The van der Waals surface area contributed by atoms with Gasteiger partial charge in [0.15, 0.2) is 5.78 Å². The van der Waals surface area contributed by atoms with E-state index in [1.807, 2.05) is 0 Å². The quantitative estimate of drug-likeness (QED) is 0.494. The van der Waals surface area contributed by atoms with Gasteiger partial charge in [0.25, 0.3) is 0 Å². The fourth-order valence-electron chi connectivity index (χ4n) is 5.70. The Morgan fingerprint density at radius 3 is 2.62 bits per heavy atom. The van der Waals surface area contributed by atoms with Crippen molar-refractivity contribution in [1.29, 1.82) is 0 Å². The predicted molar refractivity (Wildman–Crippen MR) is 122 cm³/mol. The number of rotatable bonds is 7. The lowest BCUT2D eigenvalue weighted by molar-refractivity contribution is -0.127. The molecule has 0 N–H and O–H groups in total. The van der Waals surface area contributed by atoms with Crippen molar-refractivity contribution in [2.45, 2.75) is 59.3 Å². The standard InChI is InChI=1S/C28H31O.H2/c1-18-11-12-24(16-13-22-9-6-10-25(19(22)2)23-14-15-23)26-17-28(18,26)27(29)20(3)21-7-4-5-8-21;/h6,9-12,14-15,17,20-21H,4-5,7-8,13,16H2,1-3H3;1H. The van der Waals surface area contributed by atoms with Crippen LogP contribution in [0, 0.1) is 30.6 Å². The second-order valence-corrected chi connectivity index (χ2v) is 9.48. The first-order chi connectivity index (χ1) is 14.0. The maximum atomic E-state index is 13.5. The summed E-state index contributed by atoms with van der Waals surface area (Å²) in [7, 11) is 0. The van der Waals surface area contributed by atoms with E-state index in [0.717, 1.165) is 12.8 Å². The zero-order valence-electron chi connectivity index (χ0n) is 17.9. The van der Waals surface area contributed by atoms with Gasteiger partial charge in [-0.1, -0.05) is 67.8 Å². The predicted octanol–water partition coefficient (Wildman–Crippen LogP) is 6.98. The molecule has 2 unspecified atom stereocenters. The minimum absolute atomic E-state index is 0. The van der Waals surface area contributed by atoms with Gasteiger partial charge in [-0.3, -0.25) is 4.79 Å². The van der Waals surface area contributed by atoms with Crippen molar-refractivity contribution in [3.63, 3.8) is 0 Å². The average molecular weight is 386 g/mol. The van der Waals surface area contributed by atoms with Crippen LogP contribution < -0.4 is 0 Å². The zero-order valence-corrected chi connectivity index (χ0v) is 17.9. The van der Waals surface area contributed by atoms with Crippen LogP contribution in [-0.2, 0) is 11.2 Å². The van der Waals surface area contributed by atoms with Crippen LogP contribution in [0.25, 0.3) is 5.57 Å². The molecule has 0 bridgehead atoms. The van der Waals surface area contributed by atoms with Crippen molar-refractivity contribution in [3.8, 4) is 0 Å². The molecule has 1 aromatic carbocycles. The molecule has 1 radical (unpaired) electrons. The normalized spacial score (nSPS) is 26.2. The van der Waals surface area contributed by atoms with E-state index in [4.69, 9.17) is 0 Å². The SMILES string of the molecule is CC1=CC=C(CCc2cccc(C3=C[CH]3)c2C)C2=CC12C(=O)C(C)C1CCCC1.[HH]. The number of carbonyl (C=O) groups excluding carboxylic acids is 1. The highest BCUT2D eigenvalue weighted by molar-refractivity contribution is 6.02. The van der Waals surface area contributed by atoms with Crippen molar-refractivity contribution >= 4 is 11.4 Å². The first kappa shape index (κ1) is 18.9. The summed E-state index contributed by atoms with van der Waals surface area (Å²) in [5.41, 5.74) is 9.10. The van der Waals surface area contributed by atoms with E-state index in [1.54, 1.807) is 0 Å². The number of allylic oxidation sites excluding steroid dienone is 8. The Hall–Kier alpha value is -2.15. The van der Waals surface area contributed by atoms with Gasteiger partial charge in [-0.25, -0.2) is 0 Å². The lowest BCUT2D eigenvalue weighted by Gasteiger charge is -2.28. The van der Waals surface area contributed by atoms with E-state index in [9.17, 15) is 4.79 Å². The van der Waals surface area contributed by atoms with E-state index < -0.39 is 0 Å². The molecule has 5 rings (SSSR count). The van der Waals surface area contributed by atoms with Crippen molar-refractivity contribution in [2.75, 3.05) is 0 Å². The summed E-state index contributed by atoms with van der Waals surface area (Å²) in [4.78, 5) is 13.5. The fourth-order valence-corrected chi connectivity index (χ4v) is 5.70. The topological polar surface area (TPSA) is 17.1 Å². The maximum absolute atomic E-state index is 13.5. The molecular weight excluding hydrogens is 352 g/mol. The summed E-state index contributed by atoms with van der Waals surface area (Å²) in [5, 5.41) is 0. The Labute approximate surface area is 176 Å². The molecule has 1 aromatic rings. The van der Waals surface area contributed by atoms with Gasteiger partial charge >= 0.3 is 0 Å². The van der Waals surface area contributed by atoms with Gasteiger partial charge in [0.05, 0.1) is 5.41 Å². The number of benzene rings is 1. The summed E-state index contributed by atoms with van der Waals surface area (Å²) < 4.78 is 0. The number of hydrogen-bond donors (Lipinski definition) is 0. The number of fused-ring (bicyclic) bond motifs is 1. The highest BCUT2D eigenvalue weighted by Crippen LogP contribution is 2.59. The van der Waals surface area contributed by atoms with Gasteiger partial charge in [0, 0.05) is 13.8 Å². The number of aryl methyl sites for hydroxylation is 1. The number of hydrogen-bond acceptors (Lipinski definition) is 1. The Kier molecular flexibility index (Phi) is 4.53. The van der Waals surface area contributed by atoms with Crippen LogP contribution >= 0.6 is 0 Å². The van der Waals surface area contributed by atoms with Crippen LogP contribution in [0.2, 0.25) is 0 Å². The second-order valence-electron chi connectivity index (χ2n) is 9.48. The fraction of sp³-hybridized carbons (Fsp3) is 0.429. The van der Waals surface area contributed by atoms with Crippen LogP contribution in [0.3, 0.4) is 0 Å². The monoisotopic (exact) mass is 385 g/mol. The Bertz CT molecular complexity index is 999. The van der Waals surface area contributed by atoms with Gasteiger partial charge in [0.1, 0.15) is 0 Å². The van der Waals surface area contributed by atoms with Crippen LogP contribution in [0.4, 0.5) is 0 Å². The van der Waals surface area contributed by atoms with E-state index >= 15 is 0 Å². The minimum Gasteiger partial charge on any atom is -0.298 e. The van der Waals surface area contributed by atoms with Gasteiger partial charge in [-0.15, -0.1) is 0 Å². The van der Waals surface area contributed by atoms with Crippen molar-refractivity contribution in [2.24, 2.45) is 17.3 Å². The lowest BCUT2D eigenvalue weighted by atomic mass is 9.73. The molecule has 4 aliphatic carbocycles. The Balaban J connectivity index is 0.00000218. The van der Waals surface area contributed by atoms with Crippen molar-refractivity contribution < 1.29 is 6.22 Å². The number of ketones is 1. The summed E-state index contributed by atoms with van der Waals surface area (Å²) in [5.74, 6) is 1.22. The summed E-state index contributed by atoms with van der Waals surface area (Å²) in [6, 6.07) is 6.66. The average Bonchev–Trinajstić information content (AvgIpc) is 3.64. The van der Waals surface area contributed by atoms with E-state index in [-0.39, 0.29) is 12.8 Å². The summed E-state index contributed by atoms with van der Waals surface area (Å²) in [6.07, 6.45) is 18.2. The molecule has 1 heteroatoms. The molecule has 1 nitrogen and oxygen atoms in total. The third-order valence-corrected chi connectivity index (χ3v) is 7.87. The molecule has 151 valence electrons. The third kappa shape index (κ3) is 3.10. The molecule has 0 aromatic heterocycles. The van der Waals surface area contributed by atoms with Gasteiger partial charge in [0.2, 0.25) is 0 Å². The molecule has 2 atom stereocenters. The molecule has 0 saturated heterocycles. The smallest absolute Gasteiger partial charge is 0.154 e. The molecule has 0 amide bonds. The van der Waals surface area contributed by atoms with Gasteiger partial charge in [-0.05, 0) is 78.9 Å². The molecule has 4 aliphatic rings. The molecular formula is C28H33O. The molecule has 29 heavy (non-hydrogen) atoms.